The first-order valence-electron chi connectivity index (χ1n) is 4.61. The van der Waals surface area contributed by atoms with Crippen LogP contribution in [0.25, 0.3) is 0 Å². The number of likely N-dealkylation sites (N-methyl/N-ethyl adjacent to an activating group) is 1. The first-order valence-corrected chi connectivity index (χ1v) is 4.61. The first kappa shape index (κ1) is 9.75. The van der Waals surface area contributed by atoms with Crippen LogP contribution in [0.5, 0.6) is 0 Å². The standard InChI is InChI=1S/C10H19NO/c1-7(2)9(11-4)10-8(3)5-6-12-10/h8-11H,1,5-6H2,2-4H3. The molecule has 0 aromatic carbocycles. The molecule has 70 valence electrons. The molecule has 2 nitrogen and oxygen atoms in total. The van der Waals surface area contributed by atoms with E-state index in [9.17, 15) is 0 Å². The monoisotopic (exact) mass is 169 g/mol. The van der Waals surface area contributed by atoms with Crippen molar-refractivity contribution in [2.24, 2.45) is 5.92 Å². The Morgan fingerprint density at radius 3 is 2.67 bits per heavy atom. The maximum absolute atomic E-state index is 5.66. The van der Waals surface area contributed by atoms with Gasteiger partial charge in [0.25, 0.3) is 0 Å². The number of hydrogen-bond acceptors (Lipinski definition) is 2. The molecule has 0 spiro atoms. The zero-order valence-electron chi connectivity index (χ0n) is 8.26. The smallest absolute Gasteiger partial charge is 0.0792 e. The maximum Gasteiger partial charge on any atom is 0.0792 e. The van der Waals surface area contributed by atoms with Gasteiger partial charge in [-0.1, -0.05) is 19.1 Å². The van der Waals surface area contributed by atoms with Gasteiger partial charge >= 0.3 is 0 Å². The highest BCUT2D eigenvalue weighted by Crippen LogP contribution is 2.25. The molecule has 1 aliphatic heterocycles. The number of ether oxygens (including phenoxy) is 1. The van der Waals surface area contributed by atoms with Crippen LogP contribution in [0.3, 0.4) is 0 Å². The highest BCUT2D eigenvalue weighted by atomic mass is 16.5. The van der Waals surface area contributed by atoms with Crippen molar-refractivity contribution in [2.75, 3.05) is 13.7 Å². The number of hydrogen-bond donors (Lipinski definition) is 1. The largest absolute Gasteiger partial charge is 0.376 e. The molecule has 0 bridgehead atoms. The van der Waals surface area contributed by atoms with Crippen LogP contribution in [0.4, 0.5) is 0 Å². The Kier molecular flexibility index (Phi) is 3.29. The van der Waals surface area contributed by atoms with Gasteiger partial charge in [-0.05, 0) is 26.3 Å². The van der Waals surface area contributed by atoms with Gasteiger partial charge in [0.2, 0.25) is 0 Å². The molecule has 0 aromatic heterocycles. The quantitative estimate of drug-likeness (QED) is 0.648. The summed E-state index contributed by atoms with van der Waals surface area (Å²) in [6.45, 7) is 9.16. The first-order chi connectivity index (χ1) is 5.66. The molecular weight excluding hydrogens is 150 g/mol. The molecule has 1 fully saturated rings. The van der Waals surface area contributed by atoms with Crippen LogP contribution in [0.2, 0.25) is 0 Å². The fourth-order valence-electron chi connectivity index (χ4n) is 1.83. The summed E-state index contributed by atoms with van der Waals surface area (Å²) in [5, 5.41) is 3.25. The normalized spacial score (nSPS) is 31.9. The predicted molar refractivity (Wildman–Crippen MR) is 51.2 cm³/mol. The van der Waals surface area contributed by atoms with E-state index in [1.165, 1.54) is 6.42 Å². The molecule has 3 unspecified atom stereocenters. The molecule has 3 atom stereocenters. The molecule has 1 saturated heterocycles. The summed E-state index contributed by atoms with van der Waals surface area (Å²) in [4.78, 5) is 0. The van der Waals surface area contributed by atoms with Crippen LogP contribution >= 0.6 is 0 Å². The molecule has 0 saturated carbocycles. The maximum atomic E-state index is 5.66. The Morgan fingerprint density at radius 1 is 1.67 bits per heavy atom. The van der Waals surface area contributed by atoms with E-state index in [-0.39, 0.29) is 0 Å². The van der Waals surface area contributed by atoms with E-state index < -0.39 is 0 Å². The van der Waals surface area contributed by atoms with Gasteiger partial charge in [0.1, 0.15) is 0 Å². The Bertz CT molecular complexity index is 167. The third kappa shape index (κ3) is 1.87. The molecule has 2 heteroatoms. The fraction of sp³-hybridized carbons (Fsp3) is 0.800. The second kappa shape index (κ2) is 4.06. The average Bonchev–Trinajstić information content (AvgIpc) is 2.38. The van der Waals surface area contributed by atoms with Gasteiger partial charge in [-0.15, -0.1) is 0 Å². The Balaban J connectivity index is 2.58. The fourth-order valence-corrected chi connectivity index (χ4v) is 1.83. The van der Waals surface area contributed by atoms with Crippen molar-refractivity contribution in [2.45, 2.75) is 32.4 Å². The van der Waals surface area contributed by atoms with Crippen molar-refractivity contribution in [1.82, 2.24) is 5.32 Å². The summed E-state index contributed by atoms with van der Waals surface area (Å²) in [5.74, 6) is 0.652. The lowest BCUT2D eigenvalue weighted by Crippen LogP contribution is -2.40. The topological polar surface area (TPSA) is 21.3 Å². The predicted octanol–water partition coefficient (Wildman–Crippen LogP) is 1.58. The third-order valence-electron chi connectivity index (χ3n) is 2.61. The Hall–Kier alpha value is -0.340. The lowest BCUT2D eigenvalue weighted by Gasteiger charge is -2.25. The van der Waals surface area contributed by atoms with Gasteiger partial charge < -0.3 is 10.1 Å². The van der Waals surface area contributed by atoms with Crippen molar-refractivity contribution in [3.05, 3.63) is 12.2 Å². The van der Waals surface area contributed by atoms with Gasteiger partial charge in [0.15, 0.2) is 0 Å². The summed E-state index contributed by atoms with van der Waals surface area (Å²) >= 11 is 0. The molecule has 1 heterocycles. The lowest BCUT2D eigenvalue weighted by atomic mass is 9.94. The number of rotatable bonds is 3. The van der Waals surface area contributed by atoms with Crippen LogP contribution in [-0.4, -0.2) is 25.8 Å². The summed E-state index contributed by atoms with van der Waals surface area (Å²) in [6, 6.07) is 0.322. The minimum atomic E-state index is 0.322. The van der Waals surface area contributed by atoms with Crippen molar-refractivity contribution < 1.29 is 4.74 Å². The van der Waals surface area contributed by atoms with E-state index >= 15 is 0 Å². The molecule has 1 aliphatic rings. The highest BCUT2D eigenvalue weighted by Gasteiger charge is 2.31. The van der Waals surface area contributed by atoms with E-state index in [1.54, 1.807) is 0 Å². The van der Waals surface area contributed by atoms with Crippen LogP contribution < -0.4 is 5.32 Å². The van der Waals surface area contributed by atoms with Crippen LogP contribution in [0, 0.1) is 5.92 Å². The van der Waals surface area contributed by atoms with E-state index in [0.29, 0.717) is 18.1 Å². The van der Waals surface area contributed by atoms with Gasteiger partial charge in [-0.2, -0.15) is 0 Å². The van der Waals surface area contributed by atoms with Gasteiger partial charge in [0, 0.05) is 6.61 Å². The Morgan fingerprint density at radius 2 is 2.33 bits per heavy atom. The molecule has 0 aromatic rings. The van der Waals surface area contributed by atoms with Crippen LogP contribution in [0.15, 0.2) is 12.2 Å². The Labute approximate surface area is 75.0 Å². The minimum absolute atomic E-state index is 0.322. The number of nitrogens with one attached hydrogen (secondary N) is 1. The van der Waals surface area contributed by atoms with Crippen molar-refractivity contribution in [1.29, 1.82) is 0 Å². The van der Waals surface area contributed by atoms with Gasteiger partial charge in [-0.25, -0.2) is 0 Å². The van der Waals surface area contributed by atoms with Crippen molar-refractivity contribution >= 4 is 0 Å². The molecule has 12 heavy (non-hydrogen) atoms. The van der Waals surface area contributed by atoms with Crippen LogP contribution in [-0.2, 0) is 4.74 Å². The summed E-state index contributed by atoms with van der Waals surface area (Å²) in [5.41, 5.74) is 1.16. The molecule has 1 rings (SSSR count). The van der Waals surface area contributed by atoms with E-state index in [1.807, 2.05) is 7.05 Å². The lowest BCUT2D eigenvalue weighted by molar-refractivity contribution is 0.0735. The molecule has 0 amide bonds. The zero-order valence-corrected chi connectivity index (χ0v) is 8.26. The molecule has 0 aliphatic carbocycles. The molecule has 1 N–H and O–H groups in total. The molecular formula is C10H19NO. The van der Waals surface area contributed by atoms with E-state index in [2.05, 4.69) is 25.7 Å². The van der Waals surface area contributed by atoms with Gasteiger partial charge in [0.05, 0.1) is 12.1 Å². The summed E-state index contributed by atoms with van der Waals surface area (Å²) in [6.07, 6.45) is 1.50. The van der Waals surface area contributed by atoms with Crippen molar-refractivity contribution in [3.63, 3.8) is 0 Å². The van der Waals surface area contributed by atoms with E-state index in [4.69, 9.17) is 4.74 Å². The molecule has 0 radical (unpaired) electrons. The van der Waals surface area contributed by atoms with E-state index in [0.717, 1.165) is 12.2 Å². The zero-order chi connectivity index (χ0) is 9.14. The van der Waals surface area contributed by atoms with Gasteiger partial charge in [-0.3, -0.25) is 0 Å². The summed E-state index contributed by atoms with van der Waals surface area (Å²) in [7, 11) is 1.97. The summed E-state index contributed by atoms with van der Waals surface area (Å²) < 4.78 is 5.66. The minimum Gasteiger partial charge on any atom is -0.376 e. The SMILES string of the molecule is C=C(C)C(NC)C1OCCC1C. The average molecular weight is 169 g/mol. The second-order valence-corrected chi connectivity index (χ2v) is 3.71. The third-order valence-corrected chi connectivity index (χ3v) is 2.61. The van der Waals surface area contributed by atoms with Crippen LogP contribution in [0.1, 0.15) is 20.3 Å². The second-order valence-electron chi connectivity index (χ2n) is 3.71. The highest BCUT2D eigenvalue weighted by molar-refractivity contribution is 5.06. The van der Waals surface area contributed by atoms with Crippen molar-refractivity contribution in [3.8, 4) is 0 Å².